The number of amides is 4. The fraction of sp³-hybridized carbons (Fsp3) is 0.333. The first kappa shape index (κ1) is 23.0. The van der Waals surface area contributed by atoms with E-state index in [9.17, 15) is 19.2 Å². The largest absolute Gasteiger partial charge is 0.462 e. The molecule has 2 aromatic carbocycles. The SMILES string of the molecule is CCOC(=O)c1ccc(NC(=O)C[C@H]2C(=O)N(c3cccc(C)c3)C(=O)N2C(C)C)cc1. The summed E-state index contributed by atoms with van der Waals surface area (Å²) in [5.74, 6) is -1.27. The van der Waals surface area contributed by atoms with E-state index >= 15 is 0 Å². The van der Waals surface area contributed by atoms with Crippen LogP contribution in [0.15, 0.2) is 48.5 Å². The van der Waals surface area contributed by atoms with E-state index < -0.39 is 29.9 Å². The number of esters is 1. The Morgan fingerprint density at radius 1 is 1.09 bits per heavy atom. The average Bonchev–Trinajstić information content (AvgIpc) is 2.98. The number of nitrogens with zero attached hydrogens (tertiary/aromatic N) is 2. The van der Waals surface area contributed by atoms with Gasteiger partial charge in [-0.15, -0.1) is 0 Å². The second-order valence-electron chi connectivity index (χ2n) is 7.86. The number of ether oxygens (including phenoxy) is 1. The van der Waals surface area contributed by atoms with Crippen molar-refractivity contribution in [1.29, 1.82) is 0 Å². The third kappa shape index (κ3) is 4.80. The first-order chi connectivity index (χ1) is 15.2. The van der Waals surface area contributed by atoms with Crippen molar-refractivity contribution in [3.8, 4) is 0 Å². The van der Waals surface area contributed by atoms with Gasteiger partial charge in [0.05, 0.1) is 24.3 Å². The zero-order valence-corrected chi connectivity index (χ0v) is 18.6. The number of nitrogens with one attached hydrogen (secondary N) is 1. The lowest BCUT2D eigenvalue weighted by Gasteiger charge is -2.25. The molecule has 0 bridgehead atoms. The second-order valence-corrected chi connectivity index (χ2v) is 7.86. The third-order valence-corrected chi connectivity index (χ3v) is 5.13. The van der Waals surface area contributed by atoms with Crippen LogP contribution in [-0.2, 0) is 14.3 Å². The summed E-state index contributed by atoms with van der Waals surface area (Å²) in [4.78, 5) is 53.2. The smallest absolute Gasteiger partial charge is 0.338 e. The predicted octanol–water partition coefficient (Wildman–Crippen LogP) is 3.75. The molecule has 1 aliphatic rings. The Labute approximate surface area is 187 Å². The topological polar surface area (TPSA) is 96.0 Å². The number of rotatable bonds is 7. The number of urea groups is 1. The first-order valence-electron chi connectivity index (χ1n) is 10.5. The summed E-state index contributed by atoms with van der Waals surface area (Å²) in [5, 5.41) is 2.73. The molecule has 1 saturated heterocycles. The van der Waals surface area contributed by atoms with Crippen LogP contribution in [0, 0.1) is 6.92 Å². The maximum Gasteiger partial charge on any atom is 0.338 e. The number of benzene rings is 2. The third-order valence-electron chi connectivity index (χ3n) is 5.13. The summed E-state index contributed by atoms with van der Waals surface area (Å²) in [5.41, 5.74) is 2.27. The van der Waals surface area contributed by atoms with Gasteiger partial charge in [-0.3, -0.25) is 9.59 Å². The monoisotopic (exact) mass is 437 g/mol. The highest BCUT2D eigenvalue weighted by Gasteiger charge is 2.47. The van der Waals surface area contributed by atoms with Gasteiger partial charge >= 0.3 is 12.0 Å². The fourth-order valence-corrected chi connectivity index (χ4v) is 3.67. The molecule has 8 nitrogen and oxygen atoms in total. The molecule has 0 spiro atoms. The molecule has 8 heteroatoms. The van der Waals surface area contributed by atoms with Crippen molar-refractivity contribution >= 4 is 35.2 Å². The number of carbonyl (C=O) groups excluding carboxylic acids is 4. The maximum absolute atomic E-state index is 13.1. The summed E-state index contributed by atoms with van der Waals surface area (Å²) >= 11 is 0. The van der Waals surface area contributed by atoms with E-state index in [1.54, 1.807) is 49.4 Å². The van der Waals surface area contributed by atoms with E-state index in [2.05, 4.69) is 5.32 Å². The van der Waals surface area contributed by atoms with Gasteiger partial charge in [0, 0.05) is 11.7 Å². The van der Waals surface area contributed by atoms with Gasteiger partial charge in [0.25, 0.3) is 5.91 Å². The van der Waals surface area contributed by atoms with Gasteiger partial charge in [-0.05, 0) is 69.7 Å². The fourth-order valence-electron chi connectivity index (χ4n) is 3.67. The normalized spacial score (nSPS) is 16.0. The highest BCUT2D eigenvalue weighted by molar-refractivity contribution is 6.22. The second kappa shape index (κ2) is 9.64. The molecule has 1 aliphatic heterocycles. The highest BCUT2D eigenvalue weighted by atomic mass is 16.5. The van der Waals surface area contributed by atoms with Crippen molar-refractivity contribution in [2.75, 3.05) is 16.8 Å². The molecule has 1 atom stereocenters. The van der Waals surface area contributed by atoms with Crippen LogP contribution in [0.25, 0.3) is 0 Å². The van der Waals surface area contributed by atoms with Gasteiger partial charge in [0.15, 0.2) is 0 Å². The number of aryl methyl sites for hydroxylation is 1. The number of carbonyl (C=O) groups is 4. The molecule has 0 aliphatic carbocycles. The lowest BCUT2D eigenvalue weighted by molar-refractivity contribution is -0.124. The van der Waals surface area contributed by atoms with Crippen LogP contribution >= 0.6 is 0 Å². The van der Waals surface area contributed by atoms with E-state index in [1.807, 2.05) is 26.8 Å². The van der Waals surface area contributed by atoms with Gasteiger partial charge in [0.1, 0.15) is 6.04 Å². The Balaban J connectivity index is 1.74. The van der Waals surface area contributed by atoms with Crippen LogP contribution < -0.4 is 10.2 Å². The standard InChI is InChI=1S/C24H27N3O5/c1-5-32-23(30)17-9-11-18(12-10-17)25-21(28)14-20-22(29)27(24(31)26(20)15(2)3)19-8-6-7-16(4)13-19/h6-13,15,20H,5,14H2,1-4H3,(H,25,28)/t20-/m0/s1. The summed E-state index contributed by atoms with van der Waals surface area (Å²) < 4.78 is 4.94. The molecule has 168 valence electrons. The number of hydrogen-bond acceptors (Lipinski definition) is 5. The van der Waals surface area contributed by atoms with Crippen LogP contribution in [0.4, 0.5) is 16.2 Å². The minimum Gasteiger partial charge on any atom is -0.462 e. The van der Waals surface area contributed by atoms with E-state index in [1.165, 1.54) is 4.90 Å². The Kier molecular flexibility index (Phi) is 6.92. The van der Waals surface area contributed by atoms with E-state index in [0.29, 0.717) is 16.9 Å². The minimum absolute atomic E-state index is 0.176. The minimum atomic E-state index is -0.901. The molecule has 0 saturated carbocycles. The Hall–Kier alpha value is -3.68. The lowest BCUT2D eigenvalue weighted by Crippen LogP contribution is -2.42. The molecule has 4 amide bonds. The zero-order chi connectivity index (χ0) is 23.4. The van der Waals surface area contributed by atoms with Gasteiger partial charge in [-0.25, -0.2) is 14.5 Å². The average molecular weight is 437 g/mol. The summed E-state index contributed by atoms with van der Waals surface area (Å²) in [6.45, 7) is 7.50. The van der Waals surface area contributed by atoms with Crippen LogP contribution in [0.1, 0.15) is 43.1 Å². The van der Waals surface area contributed by atoms with Gasteiger partial charge in [0.2, 0.25) is 5.91 Å². The highest BCUT2D eigenvalue weighted by Crippen LogP contribution is 2.29. The first-order valence-corrected chi connectivity index (χ1v) is 10.5. The zero-order valence-electron chi connectivity index (χ0n) is 18.6. The van der Waals surface area contributed by atoms with Gasteiger partial charge in [-0.1, -0.05) is 12.1 Å². The van der Waals surface area contributed by atoms with Crippen LogP contribution in [0.5, 0.6) is 0 Å². The quantitative estimate of drug-likeness (QED) is 0.526. The van der Waals surface area contributed by atoms with Crippen LogP contribution in [0.2, 0.25) is 0 Å². The molecule has 1 fully saturated rings. The maximum atomic E-state index is 13.1. The Morgan fingerprint density at radius 3 is 2.38 bits per heavy atom. The molecule has 0 radical (unpaired) electrons. The van der Waals surface area contributed by atoms with Crippen molar-refractivity contribution in [3.05, 3.63) is 59.7 Å². The van der Waals surface area contributed by atoms with E-state index in [-0.39, 0.29) is 19.1 Å². The predicted molar refractivity (Wildman–Crippen MR) is 120 cm³/mol. The molecule has 1 N–H and O–H groups in total. The lowest BCUT2D eigenvalue weighted by atomic mass is 10.1. The van der Waals surface area contributed by atoms with Crippen molar-refractivity contribution in [3.63, 3.8) is 0 Å². The Bertz CT molecular complexity index is 1030. The van der Waals surface area contributed by atoms with Crippen LogP contribution in [0.3, 0.4) is 0 Å². The van der Waals surface area contributed by atoms with Gasteiger partial charge < -0.3 is 15.0 Å². The summed E-state index contributed by atoms with van der Waals surface area (Å²) in [7, 11) is 0. The summed E-state index contributed by atoms with van der Waals surface area (Å²) in [6.07, 6.45) is -0.176. The van der Waals surface area contributed by atoms with E-state index in [0.717, 1.165) is 10.5 Å². The van der Waals surface area contributed by atoms with Crippen molar-refractivity contribution in [2.45, 2.75) is 46.2 Å². The molecule has 0 unspecified atom stereocenters. The van der Waals surface area contributed by atoms with Crippen molar-refractivity contribution in [1.82, 2.24) is 4.90 Å². The number of imide groups is 1. The Morgan fingerprint density at radius 2 is 1.78 bits per heavy atom. The van der Waals surface area contributed by atoms with Crippen LogP contribution in [-0.4, -0.2) is 47.4 Å². The molecular weight excluding hydrogens is 410 g/mol. The molecule has 1 heterocycles. The number of anilines is 2. The van der Waals surface area contributed by atoms with Crippen molar-refractivity contribution < 1.29 is 23.9 Å². The molecule has 3 rings (SSSR count). The summed E-state index contributed by atoms with van der Waals surface area (Å²) in [6, 6.07) is 11.8. The van der Waals surface area contributed by atoms with E-state index in [4.69, 9.17) is 4.74 Å². The van der Waals surface area contributed by atoms with Gasteiger partial charge in [-0.2, -0.15) is 0 Å². The molecule has 0 aromatic heterocycles. The number of hydrogen-bond donors (Lipinski definition) is 1. The molecule has 2 aromatic rings. The molecule has 32 heavy (non-hydrogen) atoms. The van der Waals surface area contributed by atoms with Crippen molar-refractivity contribution in [2.24, 2.45) is 0 Å². The molecular formula is C24H27N3O5.